The van der Waals surface area contributed by atoms with Crippen LogP contribution < -0.4 is 0 Å². The van der Waals surface area contributed by atoms with Crippen LogP contribution in [0, 0.1) is 0 Å². The molecule has 0 aliphatic heterocycles. The van der Waals surface area contributed by atoms with Gasteiger partial charge < -0.3 is 18.4 Å². The van der Waals surface area contributed by atoms with Crippen molar-refractivity contribution in [2.45, 2.75) is 0 Å². The average Bonchev–Trinajstić information content (AvgIpc) is 1.80. The van der Waals surface area contributed by atoms with Crippen molar-refractivity contribution < 1.29 is 25.2 Å². The largest absolute Gasteiger partial charge is 0.604 e. The Balaban J connectivity index is 3.85. The maximum absolute atomic E-state index is 11.4. The van der Waals surface area contributed by atoms with Crippen molar-refractivity contribution in [3.05, 3.63) is 13.6 Å². The SMILES string of the molecule is O=C([N-]S(=O)F)[N-]S(=O)[N-]S(=O)F. The van der Waals surface area contributed by atoms with E-state index in [0.29, 0.717) is 0 Å². The number of hydrogen-bond acceptors (Lipinski definition) is 4. The van der Waals surface area contributed by atoms with Crippen LogP contribution in [0.5, 0.6) is 0 Å². The molecule has 0 aromatic heterocycles. The first-order valence-electron chi connectivity index (χ1n) is 2.19. The molecule has 0 spiro atoms. The second-order valence-corrected chi connectivity index (χ2v) is 3.43. The Labute approximate surface area is 79.1 Å². The average molecular weight is 252 g/mol. The zero-order valence-electron chi connectivity index (χ0n) is 5.46. The van der Waals surface area contributed by atoms with Crippen LogP contribution in [-0.4, -0.2) is 18.7 Å². The molecular formula is CF2N3O4S3-3. The molecule has 78 valence electrons. The summed E-state index contributed by atoms with van der Waals surface area (Å²) >= 11 is -9.31. The predicted molar refractivity (Wildman–Crippen MR) is 42.1 cm³/mol. The molecule has 0 N–H and O–H groups in total. The maximum Gasteiger partial charge on any atom is 0.130 e. The fourth-order valence-electron chi connectivity index (χ4n) is 0.212. The van der Waals surface area contributed by atoms with Gasteiger partial charge in [-0.05, 0) is 6.03 Å². The lowest BCUT2D eigenvalue weighted by molar-refractivity contribution is 0.266. The molecule has 13 heavy (non-hydrogen) atoms. The summed E-state index contributed by atoms with van der Waals surface area (Å²) in [6, 6.07) is -1.69. The number of carbonyl (C=O) groups is 1. The first-order valence-corrected chi connectivity index (χ1v) is 5.27. The summed E-state index contributed by atoms with van der Waals surface area (Å²) < 4.78 is 59.1. The third kappa shape index (κ3) is 7.89. The number of halogens is 2. The molecule has 3 atom stereocenters. The van der Waals surface area contributed by atoms with Crippen LogP contribution in [-0.2, 0) is 33.9 Å². The third-order valence-corrected chi connectivity index (χ3v) is 2.02. The molecule has 0 saturated heterocycles. The number of hydrogen-bond donors (Lipinski definition) is 0. The number of nitrogens with zero attached hydrogens (tertiary/aromatic N) is 3. The van der Waals surface area contributed by atoms with Gasteiger partial charge in [0.05, 0.1) is 0 Å². The van der Waals surface area contributed by atoms with Gasteiger partial charge in [0.15, 0.2) is 0 Å². The van der Waals surface area contributed by atoms with E-state index in [1.807, 2.05) is 0 Å². The summed E-state index contributed by atoms with van der Waals surface area (Å²) in [6.07, 6.45) is 0. The van der Waals surface area contributed by atoms with Gasteiger partial charge in [0.2, 0.25) is 0 Å². The highest BCUT2D eigenvalue weighted by molar-refractivity contribution is 8.05. The highest BCUT2D eigenvalue weighted by Crippen LogP contribution is 2.13. The molecule has 0 radical (unpaired) electrons. The van der Waals surface area contributed by atoms with Gasteiger partial charge in [-0.15, -0.1) is 3.89 Å². The molecule has 12 heteroatoms. The van der Waals surface area contributed by atoms with Crippen molar-refractivity contribution in [2.75, 3.05) is 0 Å². The summed E-state index contributed by atoms with van der Waals surface area (Å²) in [5.41, 5.74) is 0. The summed E-state index contributed by atoms with van der Waals surface area (Å²) in [5.74, 6) is 0. The number of urea groups is 1. The first kappa shape index (κ1) is 12.5. The molecule has 2 amide bonds. The molecule has 0 saturated carbocycles. The second-order valence-electron chi connectivity index (χ2n) is 1.18. The maximum atomic E-state index is 11.4. The van der Waals surface area contributed by atoms with Crippen LogP contribution in [0.2, 0.25) is 0 Å². The van der Waals surface area contributed by atoms with Crippen LogP contribution in [0.1, 0.15) is 0 Å². The third-order valence-electron chi connectivity index (χ3n) is 0.428. The highest BCUT2D eigenvalue weighted by atomic mass is 32.3. The second kappa shape index (κ2) is 6.06. The zero-order chi connectivity index (χ0) is 10.4. The Kier molecular flexibility index (Phi) is 5.85. The van der Waals surface area contributed by atoms with E-state index in [0.717, 1.165) is 0 Å². The van der Waals surface area contributed by atoms with Crippen LogP contribution in [0.15, 0.2) is 0 Å². The van der Waals surface area contributed by atoms with Gasteiger partial charge in [-0.2, -0.15) is 15.1 Å². The molecule has 0 rings (SSSR count). The van der Waals surface area contributed by atoms with Crippen LogP contribution in [0.4, 0.5) is 12.6 Å². The van der Waals surface area contributed by atoms with E-state index in [1.165, 1.54) is 0 Å². The number of rotatable bonds is 4. The number of carbonyl (C=O) groups excluding carboxylic acids is 1. The normalized spacial score (nSPS) is 17.1. The summed E-state index contributed by atoms with van der Waals surface area (Å²) in [6.45, 7) is 0. The monoisotopic (exact) mass is 252 g/mol. The van der Waals surface area contributed by atoms with Crippen LogP contribution in [0.25, 0.3) is 13.6 Å². The molecule has 0 aliphatic carbocycles. The Morgan fingerprint density at radius 3 is 1.92 bits per heavy atom. The fourth-order valence-corrected chi connectivity index (χ4v) is 1.14. The van der Waals surface area contributed by atoms with Gasteiger partial charge in [-0.25, -0.2) is 8.42 Å². The Hall–Kier alpha value is -0.460. The fraction of sp³-hybridized carbons (Fsp3) is 0. The lowest BCUT2D eigenvalue weighted by atomic mass is 11.2. The lowest BCUT2D eigenvalue weighted by Gasteiger charge is -2.32. The van der Waals surface area contributed by atoms with Crippen molar-refractivity contribution in [2.24, 2.45) is 0 Å². The molecule has 0 fully saturated rings. The Morgan fingerprint density at radius 2 is 1.54 bits per heavy atom. The van der Waals surface area contributed by atoms with E-state index >= 15 is 0 Å². The zero-order valence-corrected chi connectivity index (χ0v) is 7.90. The summed E-state index contributed by atoms with van der Waals surface area (Å²) in [5, 5.41) is 0. The van der Waals surface area contributed by atoms with Gasteiger partial charge in [0, 0.05) is 0 Å². The Morgan fingerprint density at radius 1 is 1.00 bits per heavy atom. The van der Waals surface area contributed by atoms with E-state index in [4.69, 9.17) is 0 Å². The minimum absolute atomic E-state index is 1.69. The van der Waals surface area contributed by atoms with Gasteiger partial charge in [0.1, 0.15) is 22.7 Å². The molecule has 0 aromatic rings. The topological polar surface area (TPSA) is 111 Å². The van der Waals surface area contributed by atoms with Crippen molar-refractivity contribution in [3.63, 3.8) is 0 Å². The van der Waals surface area contributed by atoms with Gasteiger partial charge in [-0.3, -0.25) is 4.21 Å². The highest BCUT2D eigenvalue weighted by Gasteiger charge is 1.81. The molecule has 0 bridgehead atoms. The molecule has 0 heterocycles. The standard InChI is InChI=1S/CHF2N3O4S3/c2-11(8)4-1(7)5-13(10)6-12(3)9/h(H-,4,5,7)/q-2/p-1. The summed E-state index contributed by atoms with van der Waals surface area (Å²) in [7, 11) is 0. The predicted octanol–water partition coefficient (Wildman–Crippen LogP) is 0.903. The smallest absolute Gasteiger partial charge is 0.130 e. The van der Waals surface area contributed by atoms with Gasteiger partial charge in [-0.1, -0.05) is 0 Å². The van der Waals surface area contributed by atoms with E-state index in [1.54, 1.807) is 0 Å². The minimum atomic E-state index is -3.29. The molecule has 0 aliphatic rings. The first-order chi connectivity index (χ1) is 5.91. The van der Waals surface area contributed by atoms with Crippen LogP contribution in [0.3, 0.4) is 0 Å². The van der Waals surface area contributed by atoms with Gasteiger partial charge >= 0.3 is 0 Å². The molecule has 3 unspecified atom stereocenters. The van der Waals surface area contributed by atoms with Crippen molar-refractivity contribution in [1.29, 1.82) is 0 Å². The molecule has 0 aromatic carbocycles. The molecular weight excluding hydrogens is 252 g/mol. The quantitative estimate of drug-likeness (QED) is 0.692. The Bertz CT molecular complexity index is 243. The van der Waals surface area contributed by atoms with Crippen molar-refractivity contribution in [1.82, 2.24) is 0 Å². The van der Waals surface area contributed by atoms with E-state index in [2.05, 4.69) is 13.6 Å². The van der Waals surface area contributed by atoms with E-state index < -0.39 is 39.9 Å². The molecule has 7 nitrogen and oxygen atoms in total. The van der Waals surface area contributed by atoms with E-state index in [-0.39, 0.29) is 0 Å². The van der Waals surface area contributed by atoms with Crippen molar-refractivity contribution in [3.8, 4) is 0 Å². The lowest BCUT2D eigenvalue weighted by Crippen LogP contribution is -1.97. The summed E-state index contributed by atoms with van der Waals surface area (Å²) in [4.78, 5) is 10.2. The van der Waals surface area contributed by atoms with E-state index in [9.17, 15) is 25.2 Å². The van der Waals surface area contributed by atoms with Gasteiger partial charge in [0.25, 0.3) is 0 Å². The van der Waals surface area contributed by atoms with Crippen molar-refractivity contribution >= 4 is 39.9 Å². The number of amides is 2. The van der Waals surface area contributed by atoms with Crippen LogP contribution >= 0.6 is 0 Å². The minimum Gasteiger partial charge on any atom is -0.604 e.